The van der Waals surface area contributed by atoms with E-state index in [0.717, 1.165) is 27.4 Å². The largest absolute Gasteiger partial charge is 0.507 e. The van der Waals surface area contributed by atoms with Gasteiger partial charge in [-0.15, -0.1) is 21.5 Å². The number of rotatable bonds is 15. The normalized spacial score (nSPS) is 17.9. The first kappa shape index (κ1) is 44.0. The summed E-state index contributed by atoms with van der Waals surface area (Å²) in [5.41, 5.74) is 13.1. The van der Waals surface area contributed by atoms with Gasteiger partial charge in [0.15, 0.2) is 5.82 Å². The molecule has 0 aliphatic carbocycles. The first-order valence-corrected chi connectivity index (χ1v) is 21.7. The number of thiazole rings is 1. The zero-order chi connectivity index (χ0) is 43.1. The number of nitrogens with two attached hydrogens (primary N) is 1. The zero-order valence-corrected chi connectivity index (χ0v) is 36.2. The van der Waals surface area contributed by atoms with Gasteiger partial charge in [0.1, 0.15) is 11.8 Å². The number of para-hydroxylation sites is 1. The third kappa shape index (κ3) is 10.6. The molecule has 4 aromatic rings. The molecule has 15 heteroatoms. The van der Waals surface area contributed by atoms with Gasteiger partial charge in [0, 0.05) is 69.3 Å². The Labute approximate surface area is 356 Å². The van der Waals surface area contributed by atoms with Gasteiger partial charge in [-0.3, -0.25) is 14.4 Å². The molecule has 2 aliphatic rings. The number of hydrogen-bond donors (Lipinski definition) is 5. The molecule has 2 saturated heterocycles. The first-order chi connectivity index (χ1) is 28.6. The van der Waals surface area contributed by atoms with Crippen molar-refractivity contribution in [2.45, 2.75) is 97.4 Å². The minimum Gasteiger partial charge on any atom is -0.507 e. The van der Waals surface area contributed by atoms with Crippen molar-refractivity contribution in [3.8, 4) is 27.4 Å². The van der Waals surface area contributed by atoms with Gasteiger partial charge in [-0.05, 0) is 61.4 Å². The highest BCUT2D eigenvalue weighted by molar-refractivity contribution is 7.13. The number of benzene rings is 2. The number of nitrogens with one attached hydrogen (secondary N) is 2. The minimum absolute atomic E-state index is 0.0703. The molecule has 6 rings (SSSR count). The summed E-state index contributed by atoms with van der Waals surface area (Å²) in [5.74, 6) is 0.00123. The van der Waals surface area contributed by atoms with E-state index < -0.39 is 23.6 Å². The number of likely N-dealkylation sites (tertiary alicyclic amines) is 1. The average molecular weight is 838 g/mol. The summed E-state index contributed by atoms with van der Waals surface area (Å²) in [4.78, 5) is 51.7. The van der Waals surface area contributed by atoms with Crippen LogP contribution in [0.2, 0.25) is 0 Å². The van der Waals surface area contributed by atoms with Gasteiger partial charge in [0.05, 0.1) is 39.6 Å². The lowest BCUT2D eigenvalue weighted by atomic mass is 9.85. The van der Waals surface area contributed by atoms with Crippen molar-refractivity contribution in [1.29, 1.82) is 0 Å². The van der Waals surface area contributed by atoms with Crippen LogP contribution in [0.3, 0.4) is 0 Å². The van der Waals surface area contributed by atoms with E-state index in [9.17, 15) is 24.6 Å². The Hall–Kier alpha value is -5.54. The highest BCUT2D eigenvalue weighted by Crippen LogP contribution is 2.33. The second kappa shape index (κ2) is 19.2. The van der Waals surface area contributed by atoms with Crippen molar-refractivity contribution in [1.82, 2.24) is 35.6 Å². The van der Waals surface area contributed by atoms with Crippen molar-refractivity contribution in [3.05, 3.63) is 83.6 Å². The van der Waals surface area contributed by atoms with Crippen molar-refractivity contribution in [2.24, 2.45) is 5.41 Å². The number of nitrogen functional groups attached to an aromatic ring is 1. The number of carbonyl (C=O) groups is 3. The minimum atomic E-state index is -0.804. The Morgan fingerprint density at radius 3 is 2.35 bits per heavy atom. The molecule has 6 N–H and O–H groups in total. The number of amides is 3. The van der Waals surface area contributed by atoms with E-state index in [1.165, 1.54) is 0 Å². The molecule has 4 atom stereocenters. The van der Waals surface area contributed by atoms with Gasteiger partial charge in [-0.1, -0.05) is 70.2 Å². The molecule has 320 valence electrons. The third-order valence-corrected chi connectivity index (χ3v) is 12.4. The Bertz CT molecular complexity index is 2140. The molecule has 3 amide bonds. The van der Waals surface area contributed by atoms with Gasteiger partial charge >= 0.3 is 0 Å². The van der Waals surface area contributed by atoms with Crippen LogP contribution in [0.1, 0.15) is 83.5 Å². The number of aliphatic hydroxyl groups excluding tert-OH is 1. The molecule has 2 fully saturated rings. The van der Waals surface area contributed by atoms with Crippen LogP contribution < -0.4 is 21.3 Å². The summed E-state index contributed by atoms with van der Waals surface area (Å²) in [6.07, 6.45) is 2.19. The number of β-amino-alcohol motifs (C(OH)–C–C–N with tert-alkyl or cyclic N) is 1. The van der Waals surface area contributed by atoms with E-state index in [0.29, 0.717) is 81.1 Å². The fraction of sp³-hybridized carbons (Fsp3) is 0.467. The van der Waals surface area contributed by atoms with Crippen molar-refractivity contribution in [2.75, 3.05) is 43.4 Å². The second-order valence-electron chi connectivity index (χ2n) is 17.0. The molecule has 60 heavy (non-hydrogen) atoms. The van der Waals surface area contributed by atoms with E-state index >= 15 is 0 Å². The third-order valence-electron chi connectivity index (χ3n) is 11.5. The number of nitrogens with zero attached hydrogens (tertiary/aromatic N) is 6. The smallest absolute Gasteiger partial charge is 0.246 e. The highest BCUT2D eigenvalue weighted by Gasteiger charge is 2.43. The monoisotopic (exact) mass is 837 g/mol. The number of phenols is 1. The molecule has 0 unspecified atom stereocenters. The molecule has 14 nitrogen and oxygen atoms in total. The first-order valence-electron chi connectivity index (χ1n) is 20.8. The van der Waals surface area contributed by atoms with Gasteiger partial charge in [0.2, 0.25) is 17.7 Å². The Morgan fingerprint density at radius 1 is 0.983 bits per heavy atom. The van der Waals surface area contributed by atoms with Crippen LogP contribution in [0.15, 0.2) is 72.4 Å². The van der Waals surface area contributed by atoms with E-state index in [-0.39, 0.29) is 42.5 Å². The number of aryl methyl sites for hydroxylation is 1. The maximum absolute atomic E-state index is 14.2. The molecule has 0 spiro atoms. The van der Waals surface area contributed by atoms with Crippen LogP contribution in [0.25, 0.3) is 21.7 Å². The Morgan fingerprint density at radius 2 is 1.68 bits per heavy atom. The quantitative estimate of drug-likeness (QED) is 0.0908. The summed E-state index contributed by atoms with van der Waals surface area (Å²) in [7, 11) is 0. The molecular weight excluding hydrogens is 779 g/mol. The van der Waals surface area contributed by atoms with Gasteiger partial charge in [0.25, 0.3) is 0 Å². The highest BCUT2D eigenvalue weighted by atomic mass is 32.1. The predicted molar refractivity (Wildman–Crippen MR) is 236 cm³/mol. The van der Waals surface area contributed by atoms with Crippen molar-refractivity contribution >= 4 is 40.6 Å². The molecule has 0 bridgehead atoms. The fourth-order valence-corrected chi connectivity index (χ4v) is 8.77. The second-order valence-corrected chi connectivity index (χ2v) is 17.8. The van der Waals surface area contributed by atoms with Crippen LogP contribution in [0.4, 0.5) is 11.5 Å². The molecule has 2 aromatic heterocycles. The van der Waals surface area contributed by atoms with Gasteiger partial charge < -0.3 is 41.3 Å². The number of anilines is 2. The van der Waals surface area contributed by atoms with Crippen molar-refractivity contribution in [3.63, 3.8) is 0 Å². The predicted octanol–water partition coefficient (Wildman–Crippen LogP) is 5.82. The Balaban J connectivity index is 0.943. The zero-order valence-electron chi connectivity index (χ0n) is 35.4. The molecule has 4 heterocycles. The van der Waals surface area contributed by atoms with Crippen LogP contribution in [0.5, 0.6) is 5.75 Å². The number of aromatic hydroxyl groups is 1. The topological polar surface area (TPSA) is 190 Å². The van der Waals surface area contributed by atoms with E-state index in [2.05, 4.69) is 61.6 Å². The molecule has 0 saturated carbocycles. The van der Waals surface area contributed by atoms with Crippen LogP contribution in [-0.4, -0.2) is 104 Å². The van der Waals surface area contributed by atoms with Crippen LogP contribution >= 0.6 is 11.3 Å². The Kier molecular flexibility index (Phi) is 14.1. The van der Waals surface area contributed by atoms with Gasteiger partial charge in [-0.2, -0.15) is 0 Å². The number of hydrogen-bond acceptors (Lipinski definition) is 12. The average Bonchev–Trinajstić information content (AvgIpc) is 3.84. The number of phenolic OH excluding ortho intramolecular Hbond substituents is 1. The summed E-state index contributed by atoms with van der Waals surface area (Å²) >= 11 is 1.61. The van der Waals surface area contributed by atoms with Crippen LogP contribution in [-0.2, 0) is 14.4 Å². The molecular formula is C45H59N9O5S. The molecule has 0 radical (unpaired) electrons. The fourth-order valence-electron chi connectivity index (χ4n) is 7.95. The summed E-state index contributed by atoms with van der Waals surface area (Å²) in [6.45, 7) is 16.5. The van der Waals surface area contributed by atoms with E-state index in [1.807, 2.05) is 57.2 Å². The lowest BCUT2D eigenvalue weighted by molar-refractivity contribution is -0.140. The summed E-state index contributed by atoms with van der Waals surface area (Å²) in [6, 6.07) is 15.7. The maximum atomic E-state index is 14.2. The number of carbonyl (C=O) groups excluding carboxylic acids is 3. The molecule has 2 aliphatic heterocycles. The summed E-state index contributed by atoms with van der Waals surface area (Å²) < 4.78 is 0. The number of aliphatic hydroxyl groups is 1. The van der Waals surface area contributed by atoms with Crippen molar-refractivity contribution < 1.29 is 24.6 Å². The van der Waals surface area contributed by atoms with E-state index in [1.54, 1.807) is 34.4 Å². The lowest BCUT2D eigenvalue weighted by Crippen LogP contribution is -2.56. The lowest BCUT2D eigenvalue weighted by Gasteiger charge is -2.36. The number of piperazine rings is 1. The van der Waals surface area contributed by atoms with Crippen LogP contribution in [0, 0.1) is 12.3 Å². The SMILES string of the molecule is C=C(N[C@@H](C)c1ccc(-c2scnc2C)cc1)[C@@H]1C[C@@H](O)CN1C(=O)[C@@H](NC(=O)CCCCCC(=O)N1CCN(c2cc(-c3ccccc3O)nnc2N)CC1)C(C)(C)C. The number of unbranched alkanes of at least 4 members (excludes halogenated alkanes) is 2. The molecule has 2 aromatic carbocycles. The summed E-state index contributed by atoms with van der Waals surface area (Å²) in [5, 5.41) is 35.8. The van der Waals surface area contributed by atoms with E-state index in [4.69, 9.17) is 5.73 Å². The maximum Gasteiger partial charge on any atom is 0.246 e. The number of aromatic nitrogens is 3. The standard InChI is InChI=1S/C45H59N9O5S/c1-28(31-16-18-32(19-17-31)41-30(3)47-27-60-41)48-29(2)36-24-33(55)26-54(36)44(59)42(45(4,5)6)49-39(57)14-8-7-9-15-40(58)53-22-20-52(21-23-53)37-25-35(50-51-43(37)46)34-12-10-11-13-38(34)56/h10-13,16-19,25,27-28,33,36,42,48,55-56H,2,7-9,14-15,20-24,26H2,1,3-6H3,(H2,46,51)(H,49,57)/t28-,33+,36-,42+/m0/s1. The van der Waals surface area contributed by atoms with Gasteiger partial charge in [-0.25, -0.2) is 4.98 Å².